The molecule has 0 atom stereocenters. The summed E-state index contributed by atoms with van der Waals surface area (Å²) in [6.07, 6.45) is 1.09. The number of halogens is 1. The summed E-state index contributed by atoms with van der Waals surface area (Å²) >= 11 is 0. The summed E-state index contributed by atoms with van der Waals surface area (Å²) in [5.41, 5.74) is 2.67. The largest absolute Gasteiger partial charge is 0.497 e. The number of carbonyl (C=O) groups excluding carboxylic acids is 2. The van der Waals surface area contributed by atoms with Gasteiger partial charge in [-0.25, -0.2) is 0 Å². The fraction of sp³-hybridized carbons (Fsp3) is 0.310. The third-order valence-electron chi connectivity index (χ3n) is 6.43. The van der Waals surface area contributed by atoms with Crippen molar-refractivity contribution in [1.29, 1.82) is 0 Å². The lowest BCUT2D eigenvalue weighted by molar-refractivity contribution is 0.101. The molecule has 0 saturated carbocycles. The Morgan fingerprint density at radius 2 is 1.54 bits per heavy atom. The van der Waals surface area contributed by atoms with Crippen LogP contribution in [0.4, 0.5) is 17.1 Å². The first kappa shape index (κ1) is 29.8. The minimum absolute atomic E-state index is 0. The van der Waals surface area contributed by atoms with Gasteiger partial charge in [0, 0.05) is 36.4 Å². The highest BCUT2D eigenvalue weighted by molar-refractivity contribution is 6.11. The number of amides is 2. The van der Waals surface area contributed by atoms with Crippen molar-refractivity contribution >= 4 is 41.3 Å². The van der Waals surface area contributed by atoms with Crippen LogP contribution < -0.4 is 25.0 Å². The van der Waals surface area contributed by atoms with E-state index < -0.39 is 0 Å². The molecule has 0 radical (unpaired) electrons. The highest BCUT2D eigenvalue weighted by Gasteiger charge is 2.18. The fourth-order valence-corrected chi connectivity index (χ4v) is 4.29. The van der Waals surface area contributed by atoms with Gasteiger partial charge in [-0.15, -0.1) is 12.4 Å². The average molecular weight is 555 g/mol. The Morgan fingerprint density at radius 1 is 0.872 bits per heavy atom. The van der Waals surface area contributed by atoms with E-state index in [0.29, 0.717) is 34.0 Å². The molecular weight excluding hydrogens is 520 g/mol. The summed E-state index contributed by atoms with van der Waals surface area (Å²) in [5, 5.41) is 15.0. The molecule has 3 aromatic rings. The van der Waals surface area contributed by atoms with Crippen LogP contribution in [0, 0.1) is 0 Å². The van der Waals surface area contributed by atoms with Gasteiger partial charge in [-0.1, -0.05) is 6.07 Å². The van der Waals surface area contributed by atoms with Crippen LogP contribution in [-0.4, -0.2) is 75.4 Å². The van der Waals surface area contributed by atoms with Crippen molar-refractivity contribution in [3.05, 3.63) is 77.9 Å². The van der Waals surface area contributed by atoms with E-state index in [1.165, 1.54) is 0 Å². The summed E-state index contributed by atoms with van der Waals surface area (Å²) < 4.78 is 10.8. The van der Waals surface area contributed by atoms with Gasteiger partial charge in [0.1, 0.15) is 23.8 Å². The van der Waals surface area contributed by atoms with Gasteiger partial charge >= 0.3 is 0 Å². The molecule has 39 heavy (non-hydrogen) atoms. The molecule has 0 spiro atoms. The van der Waals surface area contributed by atoms with Crippen LogP contribution >= 0.6 is 12.4 Å². The van der Waals surface area contributed by atoms with Crippen LogP contribution in [0.5, 0.6) is 11.5 Å². The molecule has 0 unspecified atom stereocenters. The van der Waals surface area contributed by atoms with E-state index in [0.717, 1.165) is 38.3 Å². The maximum atomic E-state index is 13.2. The van der Waals surface area contributed by atoms with Gasteiger partial charge in [-0.2, -0.15) is 0 Å². The zero-order valence-electron chi connectivity index (χ0n) is 22.2. The maximum Gasteiger partial charge on any atom is 0.255 e. The quantitative estimate of drug-likeness (QED) is 0.365. The molecule has 1 saturated heterocycles. The number of benzene rings is 3. The Bertz CT molecular complexity index is 1240. The van der Waals surface area contributed by atoms with Gasteiger partial charge in [0.15, 0.2) is 0 Å². The van der Waals surface area contributed by atoms with Crippen molar-refractivity contribution in [1.82, 2.24) is 4.90 Å². The molecule has 1 aliphatic heterocycles. The molecule has 1 fully saturated rings. The monoisotopic (exact) mass is 554 g/mol. The summed E-state index contributed by atoms with van der Waals surface area (Å²) in [6.45, 7) is 3.84. The number of nitrogens with zero attached hydrogens (tertiary/aromatic N) is 2. The first-order valence-electron chi connectivity index (χ1n) is 12.7. The van der Waals surface area contributed by atoms with Gasteiger partial charge in [0.25, 0.3) is 11.8 Å². The molecule has 0 bridgehead atoms. The molecule has 3 N–H and O–H groups in total. The number of methoxy groups -OCH3 is 1. The zero-order chi connectivity index (χ0) is 26.9. The number of nitrogens with one attached hydrogen (secondary N) is 2. The molecule has 2 amide bonds. The highest BCUT2D eigenvalue weighted by atomic mass is 35.5. The first-order valence-corrected chi connectivity index (χ1v) is 12.7. The molecule has 3 aromatic carbocycles. The molecule has 1 aliphatic rings. The number of anilines is 3. The van der Waals surface area contributed by atoms with E-state index in [2.05, 4.69) is 27.5 Å². The number of para-hydroxylation sites is 1. The Labute approximate surface area is 235 Å². The van der Waals surface area contributed by atoms with Gasteiger partial charge in [-0.05, 0) is 80.7 Å². The van der Waals surface area contributed by atoms with Crippen LogP contribution in [0.25, 0.3) is 0 Å². The van der Waals surface area contributed by atoms with Crippen LogP contribution in [0.2, 0.25) is 0 Å². The number of aliphatic hydroxyl groups is 1. The lowest BCUT2D eigenvalue weighted by Crippen LogP contribution is -2.28. The Hall–Kier alpha value is -3.79. The van der Waals surface area contributed by atoms with E-state index in [1.54, 1.807) is 61.7 Å². The molecule has 1 heterocycles. The van der Waals surface area contributed by atoms with Gasteiger partial charge < -0.3 is 35.0 Å². The van der Waals surface area contributed by atoms with E-state index in [1.807, 2.05) is 12.1 Å². The molecule has 208 valence electrons. The second-order valence-corrected chi connectivity index (χ2v) is 9.08. The number of rotatable bonds is 9. The summed E-state index contributed by atoms with van der Waals surface area (Å²) in [4.78, 5) is 30.8. The van der Waals surface area contributed by atoms with Crippen molar-refractivity contribution in [3.63, 3.8) is 0 Å². The number of hydrogen-bond donors (Lipinski definition) is 3. The standard InChI is InChI=1S/C29H34N4O5.ClH/c1-32-15-4-16-33(18-17-32)23-11-7-21(8-12-23)29(36)31-27-25(5-3-6-26(27)38-20-19-34)30-28(35)22-9-13-24(37-2)14-10-22;/h3,5-14,34H,4,15-20H2,1-2H3,(H,30,35)(H,31,36);1H. The number of likely N-dealkylation sites (N-methyl/N-ethyl adjacent to an activating group) is 1. The van der Waals surface area contributed by atoms with Gasteiger partial charge in [0.05, 0.1) is 19.4 Å². The van der Waals surface area contributed by atoms with Crippen LogP contribution in [0.15, 0.2) is 66.7 Å². The third-order valence-corrected chi connectivity index (χ3v) is 6.43. The van der Waals surface area contributed by atoms with E-state index in [9.17, 15) is 14.7 Å². The predicted molar refractivity (Wildman–Crippen MR) is 156 cm³/mol. The van der Waals surface area contributed by atoms with Crippen molar-refractivity contribution in [2.24, 2.45) is 0 Å². The molecule has 10 heteroatoms. The molecule has 0 aliphatic carbocycles. The number of hydrogen-bond acceptors (Lipinski definition) is 7. The highest BCUT2D eigenvalue weighted by Crippen LogP contribution is 2.34. The normalized spacial score (nSPS) is 13.6. The Kier molecular flexibility index (Phi) is 11.0. The second kappa shape index (κ2) is 14.4. The second-order valence-electron chi connectivity index (χ2n) is 9.08. The first-order chi connectivity index (χ1) is 18.5. The van der Waals surface area contributed by atoms with E-state index in [4.69, 9.17) is 9.47 Å². The van der Waals surface area contributed by atoms with Crippen molar-refractivity contribution in [2.45, 2.75) is 6.42 Å². The Morgan fingerprint density at radius 3 is 2.21 bits per heavy atom. The smallest absolute Gasteiger partial charge is 0.255 e. The molecule has 9 nitrogen and oxygen atoms in total. The molecule has 4 rings (SSSR count). The van der Waals surface area contributed by atoms with Crippen molar-refractivity contribution in [3.8, 4) is 11.5 Å². The predicted octanol–water partition coefficient (Wildman–Crippen LogP) is 4.13. The van der Waals surface area contributed by atoms with Gasteiger partial charge in [0.2, 0.25) is 0 Å². The SMILES string of the molecule is COc1ccc(C(=O)Nc2cccc(OCCO)c2NC(=O)c2ccc(N3CCCN(C)CC3)cc2)cc1.Cl. The van der Waals surface area contributed by atoms with Crippen LogP contribution in [0.3, 0.4) is 0 Å². The minimum atomic E-state index is -0.352. The van der Waals surface area contributed by atoms with Gasteiger partial charge in [-0.3, -0.25) is 9.59 Å². The molecular formula is C29H35ClN4O5. The summed E-state index contributed by atoms with van der Waals surface area (Å²) in [7, 11) is 3.69. The average Bonchev–Trinajstić information content (AvgIpc) is 3.17. The lowest BCUT2D eigenvalue weighted by Gasteiger charge is -2.23. The number of ether oxygens (including phenoxy) is 2. The third kappa shape index (κ3) is 7.86. The number of carbonyl (C=O) groups is 2. The van der Waals surface area contributed by atoms with Crippen LogP contribution in [0.1, 0.15) is 27.1 Å². The summed E-state index contributed by atoms with van der Waals surface area (Å²) in [5.74, 6) is 0.287. The van der Waals surface area contributed by atoms with Crippen LogP contribution in [-0.2, 0) is 0 Å². The Balaban J connectivity index is 0.00000420. The maximum absolute atomic E-state index is 13.2. The number of aliphatic hydroxyl groups excluding tert-OH is 1. The van der Waals surface area contributed by atoms with E-state index in [-0.39, 0.29) is 37.4 Å². The van der Waals surface area contributed by atoms with E-state index >= 15 is 0 Å². The molecule has 0 aromatic heterocycles. The zero-order valence-corrected chi connectivity index (χ0v) is 23.0. The summed E-state index contributed by atoms with van der Waals surface area (Å²) in [6, 6.07) is 19.3. The lowest BCUT2D eigenvalue weighted by atomic mass is 10.1. The topological polar surface area (TPSA) is 103 Å². The van der Waals surface area contributed by atoms with Crippen molar-refractivity contribution < 1.29 is 24.2 Å². The van der Waals surface area contributed by atoms with Crippen molar-refractivity contribution in [2.75, 3.05) is 69.1 Å². The minimum Gasteiger partial charge on any atom is -0.497 e. The fourth-order valence-electron chi connectivity index (χ4n) is 4.29.